The smallest absolute Gasteiger partial charge is 0.167 e. The van der Waals surface area contributed by atoms with Gasteiger partial charge in [0.1, 0.15) is 59.9 Å². The van der Waals surface area contributed by atoms with Gasteiger partial charge in [-0.2, -0.15) is 0 Å². The first kappa shape index (κ1) is 78.9. The number of hydrogen-bond acceptors (Lipinski definition) is 10. The molecule has 13 rings (SSSR count). The third-order valence-corrected chi connectivity index (χ3v) is 24.5. The van der Waals surface area contributed by atoms with E-state index in [0.717, 1.165) is 33.4 Å². The number of ether oxygens (including phenoxy) is 4. The molecular formula is C80H68Br2Cl12N8O4. The van der Waals surface area contributed by atoms with Crippen LogP contribution in [-0.2, 0) is 32.5 Å². The van der Waals surface area contributed by atoms with Gasteiger partial charge in [-0.1, -0.05) is 306 Å². The SMILES string of the molecule is CC(C)(C)c1ccc(Oc2c(Cl)c(Cl)c3c(c2Cl)-c2nc-3nc3[nH]c(nc4nc(nc5[nH]c(n2)c2c(Cl)c(Cl)c(Oc6ccc(C(C)(C)C)cc6C(C)(C)C)c(Cl)c52)-c2c(Cl)c(Cl)c(Oc5ccc(C(C)(C)C)cc5C(C)(C)C)c(Cl)c2-4)c2c(Cl)c(Oc4c(Br)cccc4Br)c(Cl)c(Cl)c32)c(C(C)(C)C)c1. The van der Waals surface area contributed by atoms with Crippen LogP contribution in [-0.4, -0.2) is 39.9 Å². The van der Waals surface area contributed by atoms with E-state index in [-0.39, 0.29) is 189 Å². The number of rotatable bonds is 8. The standard InChI is InChI=1S/C80H68Br2Cl12N8O4/c1-75(2,3)31-22-25-39(34(28-31)78(10,11)12)103-63-54(87)46-42(50(83)58(63)91)67-95-68-45-49(57(90)66(61(94)53(45)86)106-62-37(81)20-19-21-38(62)82)74(97-68)102-73-48-44(52(85)60(93)65(56(48)89)105-41-27-24-33(77(7,8)9)30-36(41)80(16,17)18)70(101-73)100-72-47-43(69(99-72)98-71(46)96-67)51(84)59(92)64(55(47)88)104-40-26-23-32(76(4,5)6)29-35(40)79(13,14)15/h19-30H,1-18H3,(H2,95,96,97,98,99,100,101,102). The van der Waals surface area contributed by atoms with Gasteiger partial charge < -0.3 is 28.9 Å². The number of aromatic amines is 2. The molecule has 0 amide bonds. The van der Waals surface area contributed by atoms with Crippen LogP contribution in [0.5, 0.6) is 46.0 Å². The third kappa shape index (κ3) is 14.0. The quantitative estimate of drug-likeness (QED) is 0.141. The van der Waals surface area contributed by atoms with E-state index in [0.29, 0.717) is 31.9 Å². The van der Waals surface area contributed by atoms with Crippen LogP contribution in [0.1, 0.15) is 158 Å². The summed E-state index contributed by atoms with van der Waals surface area (Å²) >= 11 is 99.1. The number of aromatic nitrogens is 8. The minimum absolute atomic E-state index is 0.000726. The topological polar surface area (TPSA) is 146 Å². The van der Waals surface area contributed by atoms with E-state index in [1.807, 2.05) is 42.5 Å². The van der Waals surface area contributed by atoms with E-state index < -0.39 is 16.2 Å². The number of H-pyrrole nitrogens is 2. The zero-order chi connectivity index (χ0) is 77.4. The van der Waals surface area contributed by atoms with Gasteiger partial charge in [-0.15, -0.1) is 0 Å². The van der Waals surface area contributed by atoms with Crippen molar-refractivity contribution in [3.05, 3.63) is 175 Å². The second-order valence-electron chi connectivity index (χ2n) is 32.3. The first-order valence-electron chi connectivity index (χ1n) is 33.4. The van der Waals surface area contributed by atoms with Crippen molar-refractivity contribution in [3.8, 4) is 91.5 Å². The molecule has 2 aliphatic rings. The monoisotopic (exact) mass is 1780 g/mol. The van der Waals surface area contributed by atoms with Gasteiger partial charge in [0.15, 0.2) is 52.0 Å². The molecule has 12 nitrogen and oxygen atoms in total. The van der Waals surface area contributed by atoms with Crippen LogP contribution in [0.15, 0.2) is 81.7 Å². The average Bonchev–Trinajstić information content (AvgIpc) is 1.56. The molecule has 0 spiro atoms. The number of para-hydroxylation sites is 1. The minimum Gasteiger partial charge on any atom is -0.454 e. The number of benzene rings is 8. The van der Waals surface area contributed by atoms with Crippen molar-refractivity contribution >= 4 is 215 Å². The van der Waals surface area contributed by atoms with E-state index in [4.69, 9.17) is 188 Å². The van der Waals surface area contributed by atoms with Crippen molar-refractivity contribution in [2.45, 2.75) is 157 Å². The molecule has 550 valence electrons. The fraction of sp³-hybridized carbons (Fsp3) is 0.300. The highest BCUT2D eigenvalue weighted by Crippen LogP contribution is 2.59. The number of halogens is 14. The second-order valence-corrected chi connectivity index (χ2v) is 38.5. The number of nitrogens with one attached hydrogen (secondary N) is 2. The minimum atomic E-state index is -0.451. The summed E-state index contributed by atoms with van der Waals surface area (Å²) in [5.41, 5.74) is 4.27. The van der Waals surface area contributed by atoms with Crippen molar-refractivity contribution in [1.29, 1.82) is 0 Å². The van der Waals surface area contributed by atoms with Crippen molar-refractivity contribution in [2.75, 3.05) is 0 Å². The first-order valence-corrected chi connectivity index (χ1v) is 39.5. The van der Waals surface area contributed by atoms with E-state index in [1.165, 1.54) is 0 Å². The molecular weight excluding hydrogens is 1720 g/mol. The van der Waals surface area contributed by atoms with Gasteiger partial charge in [0, 0.05) is 16.7 Å². The maximum Gasteiger partial charge on any atom is 0.167 e. The Labute approximate surface area is 691 Å². The molecule has 3 aromatic heterocycles. The molecule has 0 atom stereocenters. The molecule has 5 heterocycles. The molecule has 0 fully saturated rings. The second kappa shape index (κ2) is 27.9. The zero-order valence-electron chi connectivity index (χ0n) is 60.5. The molecule has 0 saturated carbocycles. The van der Waals surface area contributed by atoms with Gasteiger partial charge in [0.2, 0.25) is 0 Å². The van der Waals surface area contributed by atoms with Crippen LogP contribution in [0.25, 0.3) is 89.7 Å². The highest BCUT2D eigenvalue weighted by Gasteiger charge is 2.38. The lowest BCUT2D eigenvalue weighted by Gasteiger charge is -2.27. The fourth-order valence-corrected chi connectivity index (χ4v) is 17.2. The molecule has 0 radical (unpaired) electrons. The Kier molecular flexibility index (Phi) is 20.8. The average molecular weight is 1790 g/mol. The van der Waals surface area contributed by atoms with E-state index >= 15 is 0 Å². The Hall–Kier alpha value is -5.24. The maximum atomic E-state index is 7.86. The van der Waals surface area contributed by atoms with E-state index in [2.05, 4.69) is 185 Å². The summed E-state index contributed by atoms with van der Waals surface area (Å²) in [4.78, 5) is 38.4. The van der Waals surface area contributed by atoms with Crippen molar-refractivity contribution in [3.63, 3.8) is 0 Å². The summed E-state index contributed by atoms with van der Waals surface area (Å²) in [7, 11) is 0. The predicted molar refractivity (Wildman–Crippen MR) is 450 cm³/mol. The lowest BCUT2D eigenvalue weighted by Crippen LogP contribution is -2.17. The Morgan fingerprint density at radius 3 is 0.811 bits per heavy atom. The summed E-state index contributed by atoms with van der Waals surface area (Å²) in [6.07, 6.45) is 0. The van der Waals surface area contributed by atoms with E-state index in [1.54, 1.807) is 12.1 Å². The van der Waals surface area contributed by atoms with Crippen molar-refractivity contribution in [2.24, 2.45) is 0 Å². The number of fused-ring (bicyclic) bond motifs is 20. The van der Waals surface area contributed by atoms with Crippen LogP contribution in [0.3, 0.4) is 0 Å². The van der Waals surface area contributed by atoms with Crippen LogP contribution < -0.4 is 18.9 Å². The highest BCUT2D eigenvalue weighted by atomic mass is 79.9. The number of nitrogens with zero attached hydrogens (tertiary/aromatic N) is 6. The summed E-state index contributed by atoms with van der Waals surface area (Å²) in [5.74, 6) is 1.21. The van der Waals surface area contributed by atoms with Gasteiger partial charge in [-0.3, -0.25) is 0 Å². The summed E-state index contributed by atoms with van der Waals surface area (Å²) in [6, 6.07) is 23.4. The first-order chi connectivity index (χ1) is 49.2. The molecule has 26 heteroatoms. The third-order valence-electron chi connectivity index (χ3n) is 18.5. The predicted octanol–water partition coefficient (Wildman–Crippen LogP) is 31.2. The van der Waals surface area contributed by atoms with Crippen LogP contribution in [0.2, 0.25) is 60.3 Å². The largest absolute Gasteiger partial charge is 0.454 e. The molecule has 8 bridgehead atoms. The number of hydrogen-bond donors (Lipinski definition) is 2. The molecule has 0 unspecified atom stereocenters. The van der Waals surface area contributed by atoms with Gasteiger partial charge in [-0.05, 0) is 111 Å². The molecule has 106 heavy (non-hydrogen) atoms. The van der Waals surface area contributed by atoms with Crippen LogP contribution in [0, 0.1) is 0 Å². The Balaban J connectivity index is 1.19. The summed E-state index contributed by atoms with van der Waals surface area (Å²) < 4.78 is 28.6. The lowest BCUT2D eigenvalue weighted by atomic mass is 9.80. The molecule has 2 N–H and O–H groups in total. The Morgan fingerprint density at radius 1 is 0.274 bits per heavy atom. The summed E-state index contributed by atoms with van der Waals surface area (Å²) in [6.45, 7) is 38.0. The normalized spacial score (nSPS) is 12.9. The van der Waals surface area contributed by atoms with Crippen molar-refractivity contribution < 1.29 is 18.9 Å². The van der Waals surface area contributed by atoms with Gasteiger partial charge in [0.25, 0.3) is 0 Å². The Bertz CT molecular complexity index is 5800. The van der Waals surface area contributed by atoms with Gasteiger partial charge in [0.05, 0.1) is 92.9 Å². The molecule has 0 aliphatic carbocycles. The Morgan fingerprint density at radius 2 is 0.528 bits per heavy atom. The zero-order valence-corrected chi connectivity index (χ0v) is 72.8. The van der Waals surface area contributed by atoms with Crippen molar-refractivity contribution in [1.82, 2.24) is 39.9 Å². The maximum absolute atomic E-state index is 7.86. The van der Waals surface area contributed by atoms with Crippen LogP contribution in [0.4, 0.5) is 0 Å². The van der Waals surface area contributed by atoms with Crippen LogP contribution >= 0.6 is 171 Å². The molecule has 11 aromatic rings. The van der Waals surface area contributed by atoms with E-state index in [9.17, 15) is 0 Å². The van der Waals surface area contributed by atoms with Gasteiger partial charge in [-0.25, -0.2) is 29.9 Å². The molecule has 2 aliphatic heterocycles. The highest BCUT2D eigenvalue weighted by molar-refractivity contribution is 9.11. The fourth-order valence-electron chi connectivity index (χ4n) is 12.7. The molecule has 0 saturated heterocycles. The molecule has 8 aromatic carbocycles. The lowest BCUT2D eigenvalue weighted by molar-refractivity contribution is 0.453. The summed E-state index contributed by atoms with van der Waals surface area (Å²) in [5, 5.41) is -0.314. The van der Waals surface area contributed by atoms with Gasteiger partial charge >= 0.3 is 0 Å².